The van der Waals surface area contributed by atoms with Crippen molar-refractivity contribution in [2.75, 3.05) is 13.7 Å². The summed E-state index contributed by atoms with van der Waals surface area (Å²) in [5.74, 6) is 0. The lowest BCUT2D eigenvalue weighted by Crippen LogP contribution is -2.40. The van der Waals surface area contributed by atoms with Crippen molar-refractivity contribution in [3.63, 3.8) is 0 Å². The lowest BCUT2D eigenvalue weighted by Gasteiger charge is -2.27. The Morgan fingerprint density at radius 2 is 1.56 bits per heavy atom. The van der Waals surface area contributed by atoms with Crippen molar-refractivity contribution in [3.05, 3.63) is 35.4 Å². The molecule has 0 heterocycles. The van der Waals surface area contributed by atoms with E-state index in [1.807, 2.05) is 0 Å². The van der Waals surface area contributed by atoms with Gasteiger partial charge in [0.15, 0.2) is 0 Å². The number of hydrogen-bond acceptors (Lipinski definition) is 2. The first kappa shape index (κ1) is 13.0. The fourth-order valence-corrected chi connectivity index (χ4v) is 1.34. The van der Waals surface area contributed by atoms with Crippen molar-refractivity contribution < 1.29 is 18.3 Å². The van der Waals surface area contributed by atoms with E-state index in [0.29, 0.717) is 5.56 Å². The van der Waals surface area contributed by atoms with Crippen LogP contribution < -0.4 is 5.32 Å². The number of halogens is 3. The zero-order valence-corrected chi connectivity index (χ0v) is 9.10. The predicted octanol–water partition coefficient (Wildman–Crippen LogP) is 2.13. The van der Waals surface area contributed by atoms with Crippen LogP contribution in [-0.2, 0) is 11.7 Å². The quantitative estimate of drug-likeness (QED) is 0.838. The van der Waals surface area contributed by atoms with E-state index >= 15 is 0 Å². The molecule has 0 radical (unpaired) electrons. The monoisotopic (exact) mass is 233 g/mol. The molecule has 0 aromatic heterocycles. The molecule has 0 spiro atoms. The Hall–Kier alpha value is -1.07. The summed E-state index contributed by atoms with van der Waals surface area (Å²) in [5, 5.41) is 12.1. The van der Waals surface area contributed by atoms with E-state index in [1.165, 1.54) is 12.1 Å². The number of rotatable bonds is 3. The average Bonchev–Trinajstić information content (AvgIpc) is 2.27. The Kier molecular flexibility index (Phi) is 3.60. The van der Waals surface area contributed by atoms with Crippen LogP contribution in [0.15, 0.2) is 24.3 Å². The van der Waals surface area contributed by atoms with Gasteiger partial charge in [0.2, 0.25) is 0 Å². The lowest BCUT2D eigenvalue weighted by atomic mass is 9.92. The number of nitrogens with one attached hydrogen (secondary N) is 1. The molecule has 0 bridgehead atoms. The maximum Gasteiger partial charge on any atom is 0.416 e. The third-order valence-corrected chi connectivity index (χ3v) is 2.72. The minimum atomic E-state index is -4.33. The summed E-state index contributed by atoms with van der Waals surface area (Å²) >= 11 is 0. The molecule has 2 N–H and O–H groups in total. The maximum atomic E-state index is 12.3. The van der Waals surface area contributed by atoms with Gasteiger partial charge in [-0.1, -0.05) is 12.1 Å². The van der Waals surface area contributed by atoms with Gasteiger partial charge in [-0.15, -0.1) is 0 Å². The minimum Gasteiger partial charge on any atom is -0.394 e. The summed E-state index contributed by atoms with van der Waals surface area (Å²) < 4.78 is 36.9. The zero-order chi connectivity index (χ0) is 12.4. The van der Waals surface area contributed by atoms with Crippen molar-refractivity contribution >= 4 is 0 Å². The van der Waals surface area contributed by atoms with Crippen molar-refractivity contribution in [1.29, 1.82) is 0 Å². The standard InChI is InChI=1S/C11H14F3NO/c1-10(7-16,15-2)8-3-5-9(6-4-8)11(12,13)14/h3-6,15-16H,7H2,1-2H3. The van der Waals surface area contributed by atoms with Gasteiger partial charge in [-0.25, -0.2) is 0 Å². The zero-order valence-electron chi connectivity index (χ0n) is 9.10. The van der Waals surface area contributed by atoms with Crippen LogP contribution >= 0.6 is 0 Å². The Balaban J connectivity index is 3.04. The van der Waals surface area contributed by atoms with Crippen LogP contribution in [0.4, 0.5) is 13.2 Å². The van der Waals surface area contributed by atoms with Crippen molar-refractivity contribution in [3.8, 4) is 0 Å². The SMILES string of the molecule is CNC(C)(CO)c1ccc(C(F)(F)F)cc1. The first-order valence-corrected chi connectivity index (χ1v) is 4.81. The Labute approximate surface area is 92.1 Å². The second-order valence-corrected chi connectivity index (χ2v) is 3.82. The number of alkyl halides is 3. The van der Waals surface area contributed by atoms with Gasteiger partial charge in [0.05, 0.1) is 17.7 Å². The largest absolute Gasteiger partial charge is 0.416 e. The van der Waals surface area contributed by atoms with Gasteiger partial charge < -0.3 is 10.4 Å². The van der Waals surface area contributed by atoms with E-state index in [-0.39, 0.29) is 6.61 Å². The fourth-order valence-electron chi connectivity index (χ4n) is 1.34. The smallest absolute Gasteiger partial charge is 0.394 e. The van der Waals surface area contributed by atoms with Crippen LogP contribution in [0.1, 0.15) is 18.1 Å². The highest BCUT2D eigenvalue weighted by Gasteiger charge is 2.31. The highest BCUT2D eigenvalue weighted by atomic mass is 19.4. The van der Waals surface area contributed by atoms with Gasteiger partial charge in [-0.05, 0) is 31.7 Å². The topological polar surface area (TPSA) is 32.3 Å². The molecule has 1 aromatic rings. The second kappa shape index (κ2) is 4.43. The molecule has 0 aliphatic heterocycles. The first-order valence-electron chi connectivity index (χ1n) is 4.81. The molecular weight excluding hydrogens is 219 g/mol. The summed E-state index contributed by atoms with van der Waals surface area (Å²) in [6.07, 6.45) is -4.33. The van der Waals surface area contributed by atoms with E-state index in [0.717, 1.165) is 12.1 Å². The number of aliphatic hydroxyl groups excluding tert-OH is 1. The van der Waals surface area contributed by atoms with Gasteiger partial charge >= 0.3 is 6.18 Å². The highest BCUT2D eigenvalue weighted by molar-refractivity contribution is 5.29. The average molecular weight is 233 g/mol. The molecule has 5 heteroatoms. The molecule has 90 valence electrons. The third kappa shape index (κ3) is 2.54. The summed E-state index contributed by atoms with van der Waals surface area (Å²) in [7, 11) is 1.65. The van der Waals surface area contributed by atoms with Crippen LogP contribution in [0, 0.1) is 0 Å². The molecule has 0 amide bonds. The Bertz CT molecular complexity index is 341. The summed E-state index contributed by atoms with van der Waals surface area (Å²) in [6.45, 7) is 1.53. The van der Waals surface area contributed by atoms with E-state index < -0.39 is 17.3 Å². The fraction of sp³-hybridized carbons (Fsp3) is 0.455. The summed E-state index contributed by atoms with van der Waals surface area (Å²) in [6, 6.07) is 4.77. The summed E-state index contributed by atoms with van der Waals surface area (Å²) in [5.41, 5.74) is -0.789. The molecule has 1 aromatic carbocycles. The number of aliphatic hydroxyl groups is 1. The van der Waals surface area contributed by atoms with Gasteiger partial charge in [0.1, 0.15) is 0 Å². The number of benzene rings is 1. The molecule has 0 fully saturated rings. The molecule has 2 nitrogen and oxygen atoms in total. The van der Waals surface area contributed by atoms with Crippen molar-refractivity contribution in [1.82, 2.24) is 5.32 Å². The molecule has 0 aliphatic rings. The van der Waals surface area contributed by atoms with Crippen LogP contribution in [-0.4, -0.2) is 18.8 Å². The van der Waals surface area contributed by atoms with E-state index in [1.54, 1.807) is 14.0 Å². The molecule has 0 saturated carbocycles. The Morgan fingerprint density at radius 3 is 1.88 bits per heavy atom. The van der Waals surface area contributed by atoms with Gasteiger partial charge in [-0.3, -0.25) is 0 Å². The van der Waals surface area contributed by atoms with Gasteiger partial charge in [0, 0.05) is 0 Å². The Morgan fingerprint density at radius 1 is 1.12 bits per heavy atom. The van der Waals surface area contributed by atoms with Crippen LogP contribution in [0.3, 0.4) is 0 Å². The number of likely N-dealkylation sites (N-methyl/N-ethyl adjacent to an activating group) is 1. The third-order valence-electron chi connectivity index (χ3n) is 2.72. The van der Waals surface area contributed by atoms with E-state index in [2.05, 4.69) is 5.32 Å². The molecule has 0 aliphatic carbocycles. The van der Waals surface area contributed by atoms with Crippen LogP contribution in [0.2, 0.25) is 0 Å². The van der Waals surface area contributed by atoms with Crippen LogP contribution in [0.25, 0.3) is 0 Å². The summed E-state index contributed by atoms with van der Waals surface area (Å²) in [4.78, 5) is 0. The predicted molar refractivity (Wildman–Crippen MR) is 54.9 cm³/mol. The molecule has 1 atom stereocenters. The van der Waals surface area contributed by atoms with E-state index in [9.17, 15) is 18.3 Å². The highest BCUT2D eigenvalue weighted by Crippen LogP contribution is 2.30. The first-order chi connectivity index (χ1) is 7.33. The van der Waals surface area contributed by atoms with Crippen molar-refractivity contribution in [2.24, 2.45) is 0 Å². The molecular formula is C11H14F3NO. The molecule has 16 heavy (non-hydrogen) atoms. The van der Waals surface area contributed by atoms with Gasteiger partial charge in [-0.2, -0.15) is 13.2 Å². The molecule has 1 unspecified atom stereocenters. The maximum absolute atomic E-state index is 12.3. The van der Waals surface area contributed by atoms with Crippen LogP contribution in [0.5, 0.6) is 0 Å². The van der Waals surface area contributed by atoms with Crippen molar-refractivity contribution in [2.45, 2.75) is 18.6 Å². The number of hydrogen-bond donors (Lipinski definition) is 2. The molecule has 1 rings (SSSR count). The van der Waals surface area contributed by atoms with E-state index in [4.69, 9.17) is 0 Å². The lowest BCUT2D eigenvalue weighted by molar-refractivity contribution is -0.137. The second-order valence-electron chi connectivity index (χ2n) is 3.82. The van der Waals surface area contributed by atoms with Gasteiger partial charge in [0.25, 0.3) is 0 Å². The minimum absolute atomic E-state index is 0.186. The normalized spacial score (nSPS) is 15.9. The molecule has 0 saturated heterocycles.